The van der Waals surface area contributed by atoms with Crippen molar-refractivity contribution in [2.24, 2.45) is 0 Å². The molecule has 2 N–H and O–H groups in total. The molecule has 1 atom stereocenters. The van der Waals surface area contributed by atoms with Crippen LogP contribution in [-0.2, 0) is 0 Å². The maximum absolute atomic E-state index is 13.1. The Kier molecular flexibility index (Phi) is 5.45. The van der Waals surface area contributed by atoms with Gasteiger partial charge in [-0.2, -0.15) is 0 Å². The number of halogens is 1. The summed E-state index contributed by atoms with van der Waals surface area (Å²) in [7, 11) is 0. The molecule has 0 spiro atoms. The second kappa shape index (κ2) is 7.95. The Balaban J connectivity index is 1.80. The number of hydrogen-bond donors (Lipinski definition) is 2. The Morgan fingerprint density at radius 2 is 1.63 bits per heavy atom. The van der Waals surface area contributed by atoms with Gasteiger partial charge >= 0.3 is 0 Å². The summed E-state index contributed by atoms with van der Waals surface area (Å²) in [6.45, 7) is 5.64. The molecule has 0 bridgehead atoms. The molecule has 0 unspecified atom stereocenters. The standard InChI is InChI=1S/C21H21FN4O/c1-13-12-14(2)24-21(23-13)26-19-7-5-4-6-18(19)20(27)25-15(3)16-8-10-17(22)11-9-16/h4-12,15H,1-3H3,(H,25,27)(H,23,24,26)/t15-/m1/s1. The van der Waals surface area contributed by atoms with E-state index < -0.39 is 0 Å². The number of nitrogens with one attached hydrogen (secondary N) is 2. The number of amides is 1. The van der Waals surface area contributed by atoms with Gasteiger partial charge in [-0.3, -0.25) is 4.79 Å². The lowest BCUT2D eigenvalue weighted by Gasteiger charge is -2.16. The Hall–Kier alpha value is -3.28. The molecule has 1 heterocycles. The fourth-order valence-corrected chi connectivity index (χ4v) is 2.80. The highest BCUT2D eigenvalue weighted by Gasteiger charge is 2.15. The van der Waals surface area contributed by atoms with Crippen LogP contribution in [0.1, 0.15) is 40.3 Å². The van der Waals surface area contributed by atoms with Crippen LogP contribution in [0.4, 0.5) is 16.0 Å². The zero-order valence-corrected chi connectivity index (χ0v) is 15.5. The average Bonchev–Trinajstić information content (AvgIpc) is 2.61. The fourth-order valence-electron chi connectivity index (χ4n) is 2.80. The topological polar surface area (TPSA) is 66.9 Å². The third-order valence-corrected chi connectivity index (χ3v) is 4.12. The number of anilines is 2. The lowest BCUT2D eigenvalue weighted by molar-refractivity contribution is 0.0940. The van der Waals surface area contributed by atoms with Crippen LogP contribution in [-0.4, -0.2) is 15.9 Å². The van der Waals surface area contributed by atoms with Crippen molar-refractivity contribution in [3.8, 4) is 0 Å². The van der Waals surface area contributed by atoms with Crippen LogP contribution >= 0.6 is 0 Å². The summed E-state index contributed by atoms with van der Waals surface area (Å²) in [6, 6.07) is 14.9. The van der Waals surface area contributed by atoms with Crippen molar-refractivity contribution in [1.29, 1.82) is 0 Å². The van der Waals surface area contributed by atoms with Crippen LogP contribution in [0.3, 0.4) is 0 Å². The van der Waals surface area contributed by atoms with Gasteiger partial charge in [-0.1, -0.05) is 24.3 Å². The molecular formula is C21H21FN4O. The van der Waals surface area contributed by atoms with Crippen LogP contribution < -0.4 is 10.6 Å². The predicted molar refractivity (Wildman–Crippen MR) is 104 cm³/mol. The number of carbonyl (C=O) groups excluding carboxylic acids is 1. The van der Waals surface area contributed by atoms with Gasteiger partial charge in [0.05, 0.1) is 17.3 Å². The van der Waals surface area contributed by atoms with E-state index in [1.54, 1.807) is 30.3 Å². The lowest BCUT2D eigenvalue weighted by Crippen LogP contribution is -2.27. The van der Waals surface area contributed by atoms with E-state index in [0.717, 1.165) is 17.0 Å². The van der Waals surface area contributed by atoms with Crippen LogP contribution in [0, 0.1) is 19.7 Å². The van der Waals surface area contributed by atoms with Crippen molar-refractivity contribution in [2.75, 3.05) is 5.32 Å². The molecule has 5 nitrogen and oxygen atoms in total. The molecule has 3 aromatic rings. The third-order valence-electron chi connectivity index (χ3n) is 4.12. The number of aromatic nitrogens is 2. The summed E-state index contributed by atoms with van der Waals surface area (Å²) in [5.41, 5.74) is 3.61. The van der Waals surface area contributed by atoms with Gasteiger partial charge in [0.2, 0.25) is 5.95 Å². The number of benzene rings is 2. The highest BCUT2D eigenvalue weighted by Crippen LogP contribution is 2.21. The van der Waals surface area contributed by atoms with Crippen LogP contribution in [0.15, 0.2) is 54.6 Å². The van der Waals surface area contributed by atoms with Gasteiger partial charge < -0.3 is 10.6 Å². The molecule has 27 heavy (non-hydrogen) atoms. The first-order valence-electron chi connectivity index (χ1n) is 8.67. The van der Waals surface area contributed by atoms with Gasteiger partial charge in [0.25, 0.3) is 5.91 Å². The third kappa shape index (κ3) is 4.67. The Morgan fingerprint density at radius 3 is 2.30 bits per heavy atom. The van der Waals surface area contributed by atoms with Gasteiger partial charge in [0.1, 0.15) is 5.82 Å². The molecule has 6 heteroatoms. The van der Waals surface area contributed by atoms with E-state index in [9.17, 15) is 9.18 Å². The minimum Gasteiger partial charge on any atom is -0.345 e. The van der Waals surface area contributed by atoms with Crippen molar-refractivity contribution in [3.63, 3.8) is 0 Å². The molecule has 0 aliphatic heterocycles. The van der Waals surface area contributed by atoms with E-state index in [0.29, 0.717) is 17.2 Å². The smallest absolute Gasteiger partial charge is 0.253 e. The van der Waals surface area contributed by atoms with Gasteiger partial charge in [0.15, 0.2) is 0 Å². The summed E-state index contributed by atoms with van der Waals surface area (Å²) in [5, 5.41) is 6.06. The normalized spacial score (nSPS) is 11.7. The van der Waals surface area contributed by atoms with E-state index >= 15 is 0 Å². The van der Waals surface area contributed by atoms with Gasteiger partial charge in [-0.05, 0) is 56.7 Å². The molecule has 1 aromatic heterocycles. The maximum Gasteiger partial charge on any atom is 0.253 e. The molecule has 0 aliphatic rings. The predicted octanol–water partition coefficient (Wildman–Crippen LogP) is 4.47. The quantitative estimate of drug-likeness (QED) is 0.701. The van der Waals surface area contributed by atoms with Crippen molar-refractivity contribution in [1.82, 2.24) is 15.3 Å². The van der Waals surface area contributed by atoms with E-state index in [4.69, 9.17) is 0 Å². The number of carbonyl (C=O) groups is 1. The van der Waals surface area contributed by atoms with Gasteiger partial charge in [-0.25, -0.2) is 14.4 Å². The van der Waals surface area contributed by atoms with Crippen molar-refractivity contribution >= 4 is 17.5 Å². The second-order valence-electron chi connectivity index (χ2n) is 6.39. The van der Waals surface area contributed by atoms with E-state index in [1.165, 1.54) is 12.1 Å². The van der Waals surface area contributed by atoms with Crippen molar-refractivity contribution in [2.45, 2.75) is 26.8 Å². The van der Waals surface area contributed by atoms with E-state index in [-0.39, 0.29) is 17.8 Å². The van der Waals surface area contributed by atoms with E-state index in [1.807, 2.05) is 32.9 Å². The molecule has 0 fully saturated rings. The highest BCUT2D eigenvalue weighted by atomic mass is 19.1. The molecule has 138 valence electrons. The van der Waals surface area contributed by atoms with Crippen molar-refractivity contribution in [3.05, 3.63) is 82.9 Å². The first-order chi connectivity index (χ1) is 12.9. The summed E-state index contributed by atoms with van der Waals surface area (Å²) in [5.74, 6) is -0.0982. The van der Waals surface area contributed by atoms with Crippen LogP contribution in [0.5, 0.6) is 0 Å². The minimum absolute atomic E-state index is 0.237. The van der Waals surface area contributed by atoms with Crippen LogP contribution in [0.2, 0.25) is 0 Å². The molecule has 2 aromatic carbocycles. The number of nitrogens with zero attached hydrogens (tertiary/aromatic N) is 2. The van der Waals surface area contributed by atoms with Crippen LogP contribution in [0.25, 0.3) is 0 Å². The highest BCUT2D eigenvalue weighted by molar-refractivity contribution is 6.00. The Bertz CT molecular complexity index is 936. The SMILES string of the molecule is Cc1cc(C)nc(Nc2ccccc2C(=O)N[C@H](C)c2ccc(F)cc2)n1. The number of hydrogen-bond acceptors (Lipinski definition) is 4. The summed E-state index contributed by atoms with van der Waals surface area (Å²) >= 11 is 0. The lowest BCUT2D eigenvalue weighted by atomic mass is 10.1. The summed E-state index contributed by atoms with van der Waals surface area (Å²) < 4.78 is 13.1. The molecule has 0 aliphatic carbocycles. The van der Waals surface area contributed by atoms with Crippen molar-refractivity contribution < 1.29 is 9.18 Å². The number of para-hydroxylation sites is 1. The van der Waals surface area contributed by atoms with Gasteiger partial charge in [0, 0.05) is 11.4 Å². The molecule has 1 amide bonds. The number of rotatable bonds is 5. The first-order valence-corrected chi connectivity index (χ1v) is 8.67. The summed E-state index contributed by atoms with van der Waals surface area (Å²) in [6.07, 6.45) is 0. The maximum atomic E-state index is 13.1. The second-order valence-corrected chi connectivity index (χ2v) is 6.39. The molecule has 0 radical (unpaired) electrons. The first kappa shape index (κ1) is 18.5. The largest absolute Gasteiger partial charge is 0.345 e. The Labute approximate surface area is 157 Å². The minimum atomic E-state index is -0.305. The zero-order valence-electron chi connectivity index (χ0n) is 15.5. The zero-order chi connectivity index (χ0) is 19.4. The molecular weight excluding hydrogens is 343 g/mol. The summed E-state index contributed by atoms with van der Waals surface area (Å²) in [4.78, 5) is 21.5. The monoisotopic (exact) mass is 364 g/mol. The average molecular weight is 364 g/mol. The molecule has 3 rings (SSSR count). The molecule has 0 saturated carbocycles. The van der Waals surface area contributed by atoms with Gasteiger partial charge in [-0.15, -0.1) is 0 Å². The fraction of sp³-hybridized carbons (Fsp3) is 0.190. The van der Waals surface area contributed by atoms with E-state index in [2.05, 4.69) is 20.6 Å². The molecule has 0 saturated heterocycles. The number of aryl methyl sites for hydroxylation is 2. The Morgan fingerprint density at radius 1 is 1.00 bits per heavy atom.